The molecule has 0 aliphatic heterocycles. The number of amides is 1. The number of hydrogen-bond donors (Lipinski definition) is 1. The molecule has 0 aliphatic rings. The lowest BCUT2D eigenvalue weighted by atomic mass is 10.00. The van der Waals surface area contributed by atoms with Crippen LogP contribution in [0.5, 0.6) is 11.5 Å². The summed E-state index contributed by atoms with van der Waals surface area (Å²) >= 11 is 0. The second-order valence-electron chi connectivity index (χ2n) is 6.93. The van der Waals surface area contributed by atoms with Crippen LogP contribution in [0.15, 0.2) is 54.6 Å². The molecule has 5 nitrogen and oxygen atoms in total. The molecule has 0 saturated heterocycles. The fourth-order valence-corrected chi connectivity index (χ4v) is 3.68. The lowest BCUT2D eigenvalue weighted by molar-refractivity contribution is 0.1000. The smallest absolute Gasteiger partial charge is 0.251 e. The highest BCUT2D eigenvalue weighted by Crippen LogP contribution is 2.35. The molecular formula is C24H28N2O3. The van der Waals surface area contributed by atoms with Crippen molar-refractivity contribution in [1.82, 2.24) is 4.57 Å². The number of ether oxygens (including phenoxy) is 2. The van der Waals surface area contributed by atoms with Crippen molar-refractivity contribution in [3.63, 3.8) is 0 Å². The molecule has 2 aromatic carbocycles. The molecule has 1 aromatic heterocycles. The Morgan fingerprint density at radius 3 is 2.41 bits per heavy atom. The topological polar surface area (TPSA) is 66.5 Å². The molecule has 0 aliphatic carbocycles. The third-order valence-corrected chi connectivity index (χ3v) is 5.01. The largest absolute Gasteiger partial charge is 0.457 e. The van der Waals surface area contributed by atoms with Crippen molar-refractivity contribution in [1.29, 1.82) is 0 Å². The van der Waals surface area contributed by atoms with Crippen molar-refractivity contribution in [2.75, 3.05) is 13.2 Å². The Kier molecular flexibility index (Phi) is 6.73. The predicted octanol–water partition coefficient (Wildman–Crippen LogP) is 5.09. The standard InChI is InChI=1S/C24H28N2O3/c1-4-28-15-9-14-26-17(2)22(23(18(26)3)24(25)27)19-10-8-13-21(16-19)29-20-11-6-5-7-12-20/h5-8,10-13,16H,4,9,14-15H2,1-3H3,(H2,25,27). The van der Waals surface area contributed by atoms with Crippen molar-refractivity contribution in [3.8, 4) is 22.6 Å². The molecule has 1 amide bonds. The second-order valence-corrected chi connectivity index (χ2v) is 6.93. The molecule has 1 heterocycles. The molecule has 3 rings (SSSR count). The first-order valence-corrected chi connectivity index (χ1v) is 9.93. The van der Waals surface area contributed by atoms with Crippen LogP contribution in [-0.4, -0.2) is 23.7 Å². The van der Waals surface area contributed by atoms with E-state index >= 15 is 0 Å². The molecule has 2 N–H and O–H groups in total. The molecule has 0 atom stereocenters. The van der Waals surface area contributed by atoms with Gasteiger partial charge in [-0.1, -0.05) is 30.3 Å². The summed E-state index contributed by atoms with van der Waals surface area (Å²) in [6.45, 7) is 8.13. The van der Waals surface area contributed by atoms with Gasteiger partial charge in [0.25, 0.3) is 5.91 Å². The van der Waals surface area contributed by atoms with E-state index in [9.17, 15) is 4.79 Å². The highest BCUT2D eigenvalue weighted by molar-refractivity contribution is 6.02. The van der Waals surface area contributed by atoms with E-state index in [4.69, 9.17) is 15.2 Å². The molecule has 152 valence electrons. The van der Waals surface area contributed by atoms with Crippen LogP contribution in [-0.2, 0) is 11.3 Å². The minimum Gasteiger partial charge on any atom is -0.457 e. The predicted molar refractivity (Wildman–Crippen MR) is 115 cm³/mol. The number of benzene rings is 2. The van der Waals surface area contributed by atoms with E-state index in [1.165, 1.54) is 0 Å². The number of nitrogens with zero attached hydrogens (tertiary/aromatic N) is 1. The summed E-state index contributed by atoms with van der Waals surface area (Å²) in [7, 11) is 0. The van der Waals surface area contributed by atoms with Gasteiger partial charge in [0.2, 0.25) is 0 Å². The first-order chi connectivity index (χ1) is 14.0. The molecule has 29 heavy (non-hydrogen) atoms. The Morgan fingerprint density at radius 1 is 1.00 bits per heavy atom. The van der Waals surface area contributed by atoms with Gasteiger partial charge in [-0.05, 0) is 57.0 Å². The van der Waals surface area contributed by atoms with Gasteiger partial charge in [-0.2, -0.15) is 0 Å². The van der Waals surface area contributed by atoms with Gasteiger partial charge >= 0.3 is 0 Å². The normalized spacial score (nSPS) is 10.9. The van der Waals surface area contributed by atoms with Crippen LogP contribution in [0.1, 0.15) is 35.1 Å². The summed E-state index contributed by atoms with van der Waals surface area (Å²) in [5.74, 6) is 1.06. The number of primary amides is 1. The van der Waals surface area contributed by atoms with Gasteiger partial charge in [0.1, 0.15) is 11.5 Å². The van der Waals surface area contributed by atoms with Crippen molar-refractivity contribution >= 4 is 5.91 Å². The summed E-state index contributed by atoms with van der Waals surface area (Å²) in [5, 5.41) is 0. The Bertz CT molecular complexity index is 977. The van der Waals surface area contributed by atoms with E-state index in [-0.39, 0.29) is 0 Å². The average Bonchev–Trinajstić information content (AvgIpc) is 2.97. The fourth-order valence-electron chi connectivity index (χ4n) is 3.68. The molecule has 0 fully saturated rings. The van der Waals surface area contributed by atoms with Gasteiger partial charge in [-0.15, -0.1) is 0 Å². The Balaban J connectivity index is 1.97. The summed E-state index contributed by atoms with van der Waals surface area (Å²) in [6.07, 6.45) is 0.874. The highest BCUT2D eigenvalue weighted by atomic mass is 16.5. The summed E-state index contributed by atoms with van der Waals surface area (Å²) in [4.78, 5) is 12.3. The summed E-state index contributed by atoms with van der Waals surface area (Å²) in [5.41, 5.74) is 10.0. The monoisotopic (exact) mass is 392 g/mol. The highest BCUT2D eigenvalue weighted by Gasteiger charge is 2.22. The third kappa shape index (κ3) is 4.69. The molecule has 0 unspecified atom stereocenters. The quantitative estimate of drug-likeness (QED) is 0.516. The number of para-hydroxylation sites is 1. The van der Waals surface area contributed by atoms with Gasteiger partial charge < -0.3 is 19.8 Å². The number of carbonyl (C=O) groups is 1. The van der Waals surface area contributed by atoms with Crippen molar-refractivity contribution in [2.24, 2.45) is 5.73 Å². The number of rotatable bonds is 9. The van der Waals surface area contributed by atoms with Gasteiger partial charge in [-0.3, -0.25) is 4.79 Å². The molecule has 0 saturated carbocycles. The van der Waals surface area contributed by atoms with E-state index < -0.39 is 5.91 Å². The molecule has 5 heteroatoms. The van der Waals surface area contributed by atoms with E-state index in [1.807, 2.05) is 75.4 Å². The van der Waals surface area contributed by atoms with Gasteiger partial charge in [0.05, 0.1) is 5.56 Å². The van der Waals surface area contributed by atoms with Gasteiger partial charge in [-0.25, -0.2) is 0 Å². The zero-order valence-electron chi connectivity index (χ0n) is 17.3. The van der Waals surface area contributed by atoms with Crippen LogP contribution in [0.25, 0.3) is 11.1 Å². The fraction of sp³-hybridized carbons (Fsp3) is 0.292. The first-order valence-electron chi connectivity index (χ1n) is 9.93. The van der Waals surface area contributed by atoms with Crippen LogP contribution < -0.4 is 10.5 Å². The zero-order chi connectivity index (χ0) is 20.8. The van der Waals surface area contributed by atoms with E-state index in [2.05, 4.69) is 4.57 Å². The van der Waals surface area contributed by atoms with Crippen molar-refractivity contribution in [3.05, 3.63) is 71.5 Å². The Morgan fingerprint density at radius 2 is 1.72 bits per heavy atom. The number of carbonyl (C=O) groups excluding carboxylic acids is 1. The SMILES string of the molecule is CCOCCCn1c(C)c(C(N)=O)c(-c2cccc(Oc3ccccc3)c2)c1C. The number of nitrogens with two attached hydrogens (primary N) is 1. The minimum atomic E-state index is -0.418. The molecule has 0 radical (unpaired) electrons. The Hall–Kier alpha value is -3.05. The maximum atomic E-state index is 12.3. The van der Waals surface area contributed by atoms with E-state index in [0.717, 1.165) is 41.2 Å². The summed E-state index contributed by atoms with van der Waals surface area (Å²) < 4.78 is 13.6. The molecule has 0 spiro atoms. The van der Waals surface area contributed by atoms with Gasteiger partial charge in [0, 0.05) is 36.7 Å². The first kappa shape index (κ1) is 20.7. The van der Waals surface area contributed by atoms with Crippen molar-refractivity contribution < 1.29 is 14.3 Å². The Labute approximate surface area is 172 Å². The maximum absolute atomic E-state index is 12.3. The number of hydrogen-bond acceptors (Lipinski definition) is 3. The van der Waals surface area contributed by atoms with Gasteiger partial charge in [0.15, 0.2) is 0 Å². The lowest BCUT2D eigenvalue weighted by Gasteiger charge is -2.11. The third-order valence-electron chi connectivity index (χ3n) is 5.01. The van der Waals surface area contributed by atoms with Crippen LogP contribution in [0.4, 0.5) is 0 Å². The summed E-state index contributed by atoms with van der Waals surface area (Å²) in [6, 6.07) is 17.4. The average molecular weight is 392 g/mol. The van der Waals surface area contributed by atoms with Crippen LogP contribution in [0.3, 0.4) is 0 Å². The van der Waals surface area contributed by atoms with Crippen LogP contribution in [0.2, 0.25) is 0 Å². The van der Waals surface area contributed by atoms with E-state index in [0.29, 0.717) is 24.5 Å². The maximum Gasteiger partial charge on any atom is 0.251 e. The van der Waals surface area contributed by atoms with E-state index in [1.54, 1.807) is 0 Å². The molecule has 3 aromatic rings. The second kappa shape index (κ2) is 9.43. The zero-order valence-corrected chi connectivity index (χ0v) is 17.3. The molecule has 0 bridgehead atoms. The molecular weight excluding hydrogens is 364 g/mol. The number of aromatic nitrogens is 1. The van der Waals surface area contributed by atoms with Crippen molar-refractivity contribution in [2.45, 2.75) is 33.7 Å². The lowest BCUT2D eigenvalue weighted by Crippen LogP contribution is -2.13. The minimum absolute atomic E-state index is 0.418. The van der Waals surface area contributed by atoms with Crippen LogP contribution >= 0.6 is 0 Å². The van der Waals surface area contributed by atoms with Crippen LogP contribution in [0, 0.1) is 13.8 Å².